The van der Waals surface area contributed by atoms with Gasteiger partial charge in [-0.1, -0.05) is 57.9 Å². The Bertz CT molecular complexity index is 329. The molecule has 0 fully saturated rings. The molecule has 0 aliphatic heterocycles. The van der Waals surface area contributed by atoms with Gasteiger partial charge in [0, 0.05) is 15.1 Å². The standard InChI is InChI=1S/C11H10BrCl/c1-2-3-7-10(12)9-6-4-5-8-11(9)13/h2,4-8H,1,3H2/b10-7-. The van der Waals surface area contributed by atoms with E-state index in [0.29, 0.717) is 0 Å². The van der Waals surface area contributed by atoms with Crippen molar-refractivity contribution in [3.63, 3.8) is 0 Å². The SMILES string of the molecule is C=CC/C=C(\Br)c1ccccc1Cl. The van der Waals surface area contributed by atoms with Crippen molar-refractivity contribution in [2.24, 2.45) is 0 Å². The molecule has 0 N–H and O–H groups in total. The van der Waals surface area contributed by atoms with Crippen LogP contribution in [0.4, 0.5) is 0 Å². The molecule has 0 saturated carbocycles. The van der Waals surface area contributed by atoms with E-state index in [-0.39, 0.29) is 0 Å². The first-order valence-corrected chi connectivity index (χ1v) is 5.14. The van der Waals surface area contributed by atoms with Crippen LogP contribution >= 0.6 is 27.5 Å². The molecule has 0 bridgehead atoms. The Kier molecular flexibility index (Phi) is 4.26. The Morgan fingerprint density at radius 3 is 2.77 bits per heavy atom. The molecule has 1 aromatic rings. The Balaban J connectivity index is 2.94. The average molecular weight is 258 g/mol. The fourth-order valence-corrected chi connectivity index (χ4v) is 1.84. The number of hydrogen-bond donors (Lipinski definition) is 0. The minimum atomic E-state index is 0.759. The van der Waals surface area contributed by atoms with E-state index in [1.807, 2.05) is 36.4 Å². The van der Waals surface area contributed by atoms with E-state index in [9.17, 15) is 0 Å². The van der Waals surface area contributed by atoms with Crippen molar-refractivity contribution in [3.05, 3.63) is 53.6 Å². The summed E-state index contributed by atoms with van der Waals surface area (Å²) in [5.41, 5.74) is 1.02. The first-order valence-electron chi connectivity index (χ1n) is 3.97. The first-order chi connectivity index (χ1) is 6.25. The molecule has 0 radical (unpaired) electrons. The van der Waals surface area contributed by atoms with Gasteiger partial charge in [0.05, 0.1) is 0 Å². The van der Waals surface area contributed by atoms with Gasteiger partial charge in [-0.15, -0.1) is 6.58 Å². The molecule has 0 saturated heterocycles. The third-order valence-electron chi connectivity index (χ3n) is 1.59. The van der Waals surface area contributed by atoms with Crippen molar-refractivity contribution in [1.29, 1.82) is 0 Å². The molecular weight excluding hydrogens is 247 g/mol. The van der Waals surface area contributed by atoms with E-state index in [0.717, 1.165) is 21.5 Å². The highest BCUT2D eigenvalue weighted by Gasteiger charge is 2.00. The fourth-order valence-electron chi connectivity index (χ4n) is 0.952. The summed E-state index contributed by atoms with van der Waals surface area (Å²) in [4.78, 5) is 0. The van der Waals surface area contributed by atoms with Crippen molar-refractivity contribution in [1.82, 2.24) is 0 Å². The first kappa shape index (κ1) is 10.6. The van der Waals surface area contributed by atoms with Crippen LogP contribution in [-0.2, 0) is 0 Å². The number of benzene rings is 1. The highest BCUT2D eigenvalue weighted by Crippen LogP contribution is 2.28. The molecule has 0 heterocycles. The summed E-state index contributed by atoms with van der Waals surface area (Å²) in [7, 11) is 0. The van der Waals surface area contributed by atoms with E-state index < -0.39 is 0 Å². The number of halogens is 2. The molecule has 0 amide bonds. The molecule has 0 atom stereocenters. The summed E-state index contributed by atoms with van der Waals surface area (Å²) in [6, 6.07) is 7.73. The highest BCUT2D eigenvalue weighted by atomic mass is 79.9. The van der Waals surface area contributed by atoms with Crippen molar-refractivity contribution < 1.29 is 0 Å². The lowest BCUT2D eigenvalue weighted by Crippen LogP contribution is -1.77. The second-order valence-electron chi connectivity index (χ2n) is 2.56. The molecule has 0 unspecified atom stereocenters. The molecule has 0 aromatic heterocycles. The van der Waals surface area contributed by atoms with Crippen LogP contribution in [0.3, 0.4) is 0 Å². The second-order valence-corrected chi connectivity index (χ2v) is 3.82. The predicted octanol–water partition coefficient (Wildman–Crippen LogP) is 4.65. The zero-order chi connectivity index (χ0) is 9.68. The Hall–Kier alpha value is -0.530. The number of allylic oxidation sites excluding steroid dienone is 2. The van der Waals surface area contributed by atoms with Crippen molar-refractivity contribution in [2.75, 3.05) is 0 Å². The average Bonchev–Trinajstić information content (AvgIpc) is 2.15. The molecule has 0 nitrogen and oxygen atoms in total. The molecule has 0 aliphatic carbocycles. The fraction of sp³-hybridized carbons (Fsp3) is 0.0909. The van der Waals surface area contributed by atoms with E-state index in [4.69, 9.17) is 11.6 Å². The van der Waals surface area contributed by atoms with Crippen molar-refractivity contribution in [3.8, 4) is 0 Å². The summed E-state index contributed by atoms with van der Waals surface area (Å²) in [5.74, 6) is 0. The van der Waals surface area contributed by atoms with E-state index in [1.165, 1.54) is 0 Å². The van der Waals surface area contributed by atoms with Gasteiger partial charge in [-0.3, -0.25) is 0 Å². The lowest BCUT2D eigenvalue weighted by molar-refractivity contribution is 1.42. The zero-order valence-corrected chi connectivity index (χ0v) is 9.48. The largest absolute Gasteiger partial charge is 0.103 e. The van der Waals surface area contributed by atoms with Crippen LogP contribution in [0.15, 0.2) is 43.0 Å². The van der Waals surface area contributed by atoms with Gasteiger partial charge in [0.15, 0.2) is 0 Å². The van der Waals surface area contributed by atoms with E-state index >= 15 is 0 Å². The van der Waals surface area contributed by atoms with Crippen LogP contribution in [0.25, 0.3) is 4.48 Å². The predicted molar refractivity (Wildman–Crippen MR) is 63.2 cm³/mol. The van der Waals surface area contributed by atoms with Crippen LogP contribution in [0.1, 0.15) is 12.0 Å². The van der Waals surface area contributed by atoms with Crippen LogP contribution in [0, 0.1) is 0 Å². The second kappa shape index (κ2) is 5.25. The smallest absolute Gasteiger partial charge is 0.0489 e. The van der Waals surface area contributed by atoms with Crippen LogP contribution in [-0.4, -0.2) is 0 Å². The Labute approximate surface area is 92.0 Å². The molecule has 1 aromatic carbocycles. The highest BCUT2D eigenvalue weighted by molar-refractivity contribution is 9.15. The van der Waals surface area contributed by atoms with Crippen LogP contribution < -0.4 is 0 Å². The quantitative estimate of drug-likeness (QED) is 0.691. The van der Waals surface area contributed by atoms with Crippen LogP contribution in [0.5, 0.6) is 0 Å². The monoisotopic (exact) mass is 256 g/mol. The van der Waals surface area contributed by atoms with Gasteiger partial charge in [0.25, 0.3) is 0 Å². The van der Waals surface area contributed by atoms with Crippen LogP contribution in [0.2, 0.25) is 5.02 Å². The number of hydrogen-bond acceptors (Lipinski definition) is 0. The third kappa shape index (κ3) is 3.02. The molecule has 1 rings (SSSR count). The normalized spacial score (nSPS) is 11.4. The Morgan fingerprint density at radius 1 is 1.46 bits per heavy atom. The van der Waals surface area contributed by atoms with Crippen molar-refractivity contribution in [2.45, 2.75) is 6.42 Å². The molecule has 2 heteroatoms. The summed E-state index contributed by atoms with van der Waals surface area (Å²) >= 11 is 9.47. The zero-order valence-electron chi connectivity index (χ0n) is 7.13. The molecule has 0 spiro atoms. The van der Waals surface area contributed by atoms with Gasteiger partial charge >= 0.3 is 0 Å². The summed E-state index contributed by atoms with van der Waals surface area (Å²) in [5, 5.41) is 0.759. The van der Waals surface area contributed by atoms with Gasteiger partial charge in [0.2, 0.25) is 0 Å². The van der Waals surface area contributed by atoms with Gasteiger partial charge in [0.1, 0.15) is 0 Å². The maximum absolute atomic E-state index is 6.00. The maximum Gasteiger partial charge on any atom is 0.0489 e. The lowest BCUT2D eigenvalue weighted by Gasteiger charge is -2.01. The molecule has 68 valence electrons. The molecule has 13 heavy (non-hydrogen) atoms. The maximum atomic E-state index is 6.00. The van der Waals surface area contributed by atoms with E-state index in [1.54, 1.807) is 0 Å². The molecular formula is C11H10BrCl. The number of rotatable bonds is 3. The van der Waals surface area contributed by atoms with E-state index in [2.05, 4.69) is 22.5 Å². The summed E-state index contributed by atoms with van der Waals surface area (Å²) in [6.45, 7) is 3.65. The van der Waals surface area contributed by atoms with Gasteiger partial charge < -0.3 is 0 Å². The van der Waals surface area contributed by atoms with Gasteiger partial charge in [-0.2, -0.15) is 0 Å². The van der Waals surface area contributed by atoms with Gasteiger partial charge in [-0.05, 0) is 12.5 Å². The lowest BCUT2D eigenvalue weighted by atomic mass is 10.2. The minimum absolute atomic E-state index is 0.759. The minimum Gasteiger partial charge on any atom is -0.103 e. The summed E-state index contributed by atoms with van der Waals surface area (Å²) < 4.78 is 1.01. The summed E-state index contributed by atoms with van der Waals surface area (Å²) in [6.07, 6.45) is 4.72. The molecule has 0 aliphatic rings. The topological polar surface area (TPSA) is 0 Å². The third-order valence-corrected chi connectivity index (χ3v) is 2.68. The van der Waals surface area contributed by atoms with Gasteiger partial charge in [-0.25, -0.2) is 0 Å². The van der Waals surface area contributed by atoms with Crippen molar-refractivity contribution >= 4 is 32.0 Å². The Morgan fingerprint density at radius 2 is 2.15 bits per heavy atom.